The third kappa shape index (κ3) is 3.08. The molecule has 0 amide bonds. The standard InChI is InChI=1S/C9H6F2INO4/c1-4(14)7-6(17-9(10)11)3-2-5(8(7)12)13(15)16/h2-3,9H,1H3. The van der Waals surface area contributed by atoms with Gasteiger partial charge in [0.2, 0.25) is 0 Å². The molecule has 0 saturated carbocycles. The maximum absolute atomic E-state index is 12.1. The van der Waals surface area contributed by atoms with Gasteiger partial charge >= 0.3 is 6.61 Å². The molecule has 17 heavy (non-hydrogen) atoms. The van der Waals surface area contributed by atoms with E-state index in [1.54, 1.807) is 22.6 Å². The zero-order valence-corrected chi connectivity index (χ0v) is 10.6. The molecule has 0 aliphatic carbocycles. The van der Waals surface area contributed by atoms with Gasteiger partial charge in [0, 0.05) is 6.07 Å². The van der Waals surface area contributed by atoms with Gasteiger partial charge in [-0.2, -0.15) is 8.78 Å². The van der Waals surface area contributed by atoms with Gasteiger partial charge in [-0.3, -0.25) is 14.9 Å². The highest BCUT2D eigenvalue weighted by atomic mass is 127. The molecule has 0 spiro atoms. The average molecular weight is 357 g/mol. The molecule has 1 aromatic rings. The summed E-state index contributed by atoms with van der Waals surface area (Å²) in [5, 5.41) is 10.6. The Morgan fingerprint density at radius 2 is 2.12 bits per heavy atom. The van der Waals surface area contributed by atoms with E-state index in [-0.39, 0.29) is 20.6 Å². The first kappa shape index (κ1) is 13.7. The van der Waals surface area contributed by atoms with Crippen molar-refractivity contribution in [1.29, 1.82) is 0 Å². The van der Waals surface area contributed by atoms with Crippen LogP contribution in [0.4, 0.5) is 14.5 Å². The van der Waals surface area contributed by atoms with Crippen LogP contribution in [0.15, 0.2) is 12.1 Å². The third-order valence-corrected chi connectivity index (χ3v) is 2.94. The van der Waals surface area contributed by atoms with Crippen molar-refractivity contribution in [2.75, 3.05) is 0 Å². The van der Waals surface area contributed by atoms with Gasteiger partial charge in [-0.05, 0) is 35.6 Å². The highest BCUT2D eigenvalue weighted by molar-refractivity contribution is 14.1. The lowest BCUT2D eigenvalue weighted by Crippen LogP contribution is -2.09. The zero-order chi connectivity index (χ0) is 13.2. The van der Waals surface area contributed by atoms with Crippen LogP contribution >= 0.6 is 22.6 Å². The molecule has 8 heteroatoms. The maximum Gasteiger partial charge on any atom is 0.387 e. The van der Waals surface area contributed by atoms with Gasteiger partial charge in [0.1, 0.15) is 9.32 Å². The number of ketones is 1. The van der Waals surface area contributed by atoms with E-state index < -0.39 is 17.3 Å². The van der Waals surface area contributed by atoms with E-state index >= 15 is 0 Å². The van der Waals surface area contributed by atoms with Gasteiger partial charge in [-0.25, -0.2) is 0 Å². The lowest BCUT2D eigenvalue weighted by atomic mass is 10.1. The summed E-state index contributed by atoms with van der Waals surface area (Å²) in [6.45, 7) is -1.97. The van der Waals surface area contributed by atoms with Crippen LogP contribution in [-0.4, -0.2) is 17.3 Å². The van der Waals surface area contributed by atoms with E-state index in [0.29, 0.717) is 0 Å². The number of alkyl halides is 2. The van der Waals surface area contributed by atoms with E-state index in [4.69, 9.17) is 0 Å². The normalized spacial score (nSPS) is 10.4. The SMILES string of the molecule is CC(=O)c1c(OC(F)F)ccc([N+](=O)[O-])c1I. The first-order valence-electron chi connectivity index (χ1n) is 4.27. The number of Topliss-reactive ketones (excluding diaryl/α,β-unsaturated/α-hetero) is 1. The molecule has 0 unspecified atom stereocenters. The molecule has 1 rings (SSSR count). The molecule has 0 bridgehead atoms. The number of nitro benzene ring substituents is 1. The van der Waals surface area contributed by atoms with E-state index in [0.717, 1.165) is 19.1 Å². The van der Waals surface area contributed by atoms with Crippen LogP contribution in [0.25, 0.3) is 0 Å². The average Bonchev–Trinajstić information content (AvgIpc) is 2.15. The first-order chi connectivity index (χ1) is 7.84. The summed E-state index contributed by atoms with van der Waals surface area (Å²) in [7, 11) is 0. The van der Waals surface area contributed by atoms with Gasteiger partial charge in [0.15, 0.2) is 5.78 Å². The number of ether oxygens (including phenoxy) is 1. The smallest absolute Gasteiger partial charge is 0.387 e. The van der Waals surface area contributed by atoms with Crippen LogP contribution < -0.4 is 4.74 Å². The van der Waals surface area contributed by atoms with Crippen molar-refractivity contribution in [2.24, 2.45) is 0 Å². The number of carbonyl (C=O) groups is 1. The second-order valence-corrected chi connectivity index (χ2v) is 4.04. The monoisotopic (exact) mass is 357 g/mol. The quantitative estimate of drug-likeness (QED) is 0.360. The van der Waals surface area contributed by atoms with E-state index in [1.165, 1.54) is 0 Å². The summed E-state index contributed by atoms with van der Waals surface area (Å²) in [4.78, 5) is 21.2. The Hall–Kier alpha value is -1.32. The number of rotatable bonds is 4. The van der Waals surface area contributed by atoms with Crippen LogP contribution in [-0.2, 0) is 0 Å². The van der Waals surface area contributed by atoms with Crippen molar-refractivity contribution in [3.63, 3.8) is 0 Å². The van der Waals surface area contributed by atoms with Gasteiger partial charge in [0.25, 0.3) is 5.69 Å². The molecule has 0 radical (unpaired) electrons. The molecule has 1 aromatic carbocycles. The Kier molecular flexibility index (Phi) is 4.32. The number of nitrogens with zero attached hydrogens (tertiary/aromatic N) is 1. The Labute approximate surface area is 108 Å². The van der Waals surface area contributed by atoms with Gasteiger partial charge in [0.05, 0.1) is 10.5 Å². The molecule has 0 saturated heterocycles. The number of hydrogen-bond donors (Lipinski definition) is 0. The summed E-state index contributed by atoms with van der Waals surface area (Å²) >= 11 is 1.56. The van der Waals surface area contributed by atoms with Gasteiger partial charge in [-0.15, -0.1) is 0 Å². The second kappa shape index (κ2) is 5.34. The molecular weight excluding hydrogens is 351 g/mol. The fourth-order valence-corrected chi connectivity index (χ4v) is 2.23. The molecule has 0 fully saturated rings. The Morgan fingerprint density at radius 3 is 2.53 bits per heavy atom. The van der Waals surface area contributed by atoms with Crippen LogP contribution in [0.5, 0.6) is 5.75 Å². The second-order valence-electron chi connectivity index (χ2n) is 2.96. The molecule has 0 heterocycles. The molecule has 92 valence electrons. The van der Waals surface area contributed by atoms with E-state index in [2.05, 4.69) is 4.74 Å². The third-order valence-electron chi connectivity index (χ3n) is 1.85. The van der Waals surface area contributed by atoms with Gasteiger partial charge in [-0.1, -0.05) is 0 Å². The van der Waals surface area contributed by atoms with Crippen LogP contribution in [0.1, 0.15) is 17.3 Å². The largest absolute Gasteiger partial charge is 0.434 e. The Bertz CT molecular complexity index is 478. The van der Waals surface area contributed by atoms with E-state index in [1.807, 2.05) is 0 Å². The molecule has 0 atom stereocenters. The summed E-state index contributed by atoms with van der Waals surface area (Å²) < 4.78 is 28.3. The lowest BCUT2D eigenvalue weighted by molar-refractivity contribution is -0.385. The molecule has 0 aromatic heterocycles. The van der Waals surface area contributed by atoms with Gasteiger partial charge < -0.3 is 4.74 Å². The maximum atomic E-state index is 12.1. The Balaban J connectivity index is 3.39. The highest BCUT2D eigenvalue weighted by Gasteiger charge is 2.23. The number of hydrogen-bond acceptors (Lipinski definition) is 4. The predicted octanol–water partition coefficient (Wildman–Crippen LogP) is 3.00. The van der Waals surface area contributed by atoms with Crippen molar-refractivity contribution in [1.82, 2.24) is 0 Å². The molecule has 0 aliphatic heterocycles. The van der Waals surface area contributed by atoms with Crippen molar-refractivity contribution < 1.29 is 23.2 Å². The highest BCUT2D eigenvalue weighted by Crippen LogP contribution is 2.32. The summed E-state index contributed by atoms with van der Waals surface area (Å²) in [5.74, 6) is -0.934. The molecule has 0 N–H and O–H groups in total. The number of benzene rings is 1. The number of nitro groups is 1. The summed E-state index contributed by atoms with van der Waals surface area (Å²) in [5.41, 5.74) is -0.530. The fourth-order valence-electron chi connectivity index (χ4n) is 1.21. The topological polar surface area (TPSA) is 69.4 Å². The van der Waals surface area contributed by atoms with Crippen LogP contribution in [0, 0.1) is 13.7 Å². The zero-order valence-electron chi connectivity index (χ0n) is 8.45. The number of halogens is 3. The van der Waals surface area contributed by atoms with E-state index in [9.17, 15) is 23.7 Å². The minimum absolute atomic E-state index is 0.0155. The molecule has 0 aliphatic rings. The Morgan fingerprint density at radius 1 is 1.53 bits per heavy atom. The summed E-state index contributed by atoms with van der Waals surface area (Å²) in [6.07, 6.45) is 0. The lowest BCUT2D eigenvalue weighted by Gasteiger charge is -2.10. The minimum Gasteiger partial charge on any atom is -0.434 e. The molecule has 5 nitrogen and oxygen atoms in total. The minimum atomic E-state index is -3.09. The summed E-state index contributed by atoms with van der Waals surface area (Å²) in [6, 6.07) is 2.01. The van der Waals surface area contributed by atoms with Crippen molar-refractivity contribution >= 4 is 34.1 Å². The van der Waals surface area contributed by atoms with Crippen LogP contribution in [0.2, 0.25) is 0 Å². The first-order valence-corrected chi connectivity index (χ1v) is 5.35. The van der Waals surface area contributed by atoms with Crippen molar-refractivity contribution in [3.8, 4) is 5.75 Å². The van der Waals surface area contributed by atoms with Crippen LogP contribution in [0.3, 0.4) is 0 Å². The fraction of sp³-hybridized carbons (Fsp3) is 0.222. The van der Waals surface area contributed by atoms with Crippen molar-refractivity contribution in [3.05, 3.63) is 31.4 Å². The molecular formula is C9H6F2INO4. The van der Waals surface area contributed by atoms with Crippen molar-refractivity contribution in [2.45, 2.75) is 13.5 Å². The predicted molar refractivity (Wildman–Crippen MR) is 62.4 cm³/mol. The number of carbonyl (C=O) groups excluding carboxylic acids is 1.